The number of likely N-dealkylation sites (tertiary alicyclic amines) is 1. The minimum atomic E-state index is 0.527. The van der Waals surface area contributed by atoms with Crippen LogP contribution in [0.2, 0.25) is 0 Å². The van der Waals surface area contributed by atoms with Gasteiger partial charge in [0.2, 0.25) is 0 Å². The molecule has 0 saturated carbocycles. The summed E-state index contributed by atoms with van der Waals surface area (Å²) in [6.45, 7) is 3.18. The van der Waals surface area contributed by atoms with E-state index in [-0.39, 0.29) is 0 Å². The fraction of sp³-hybridized carbons (Fsp3) is 0.467. The molecule has 1 fully saturated rings. The first-order chi connectivity index (χ1) is 9.25. The van der Waals surface area contributed by atoms with Crippen molar-refractivity contribution in [1.29, 1.82) is 0 Å². The number of piperidine rings is 1. The number of hydrogen-bond acceptors (Lipinski definition) is 3. The number of pyridine rings is 1. The average molecular weight is 256 g/mol. The molecular weight excluding hydrogens is 236 g/mol. The Morgan fingerprint density at radius 2 is 2.11 bits per heavy atom. The van der Waals surface area contributed by atoms with E-state index >= 15 is 0 Å². The van der Waals surface area contributed by atoms with Gasteiger partial charge in [-0.3, -0.25) is 9.47 Å². The van der Waals surface area contributed by atoms with E-state index in [4.69, 9.17) is 0 Å². The van der Waals surface area contributed by atoms with Crippen molar-refractivity contribution in [2.45, 2.75) is 32.2 Å². The molecule has 0 unspecified atom stereocenters. The van der Waals surface area contributed by atoms with Gasteiger partial charge in [-0.2, -0.15) is 0 Å². The molecule has 0 aromatic carbocycles. The van der Waals surface area contributed by atoms with Gasteiger partial charge < -0.3 is 0 Å². The van der Waals surface area contributed by atoms with Crippen LogP contribution in [0.3, 0.4) is 0 Å². The van der Waals surface area contributed by atoms with E-state index in [1.54, 1.807) is 6.20 Å². The van der Waals surface area contributed by atoms with Gasteiger partial charge in [-0.25, -0.2) is 9.97 Å². The Morgan fingerprint density at radius 3 is 2.74 bits per heavy atom. The highest BCUT2D eigenvalue weighted by atomic mass is 15.1. The minimum absolute atomic E-state index is 0.527. The van der Waals surface area contributed by atoms with Gasteiger partial charge in [0.1, 0.15) is 11.6 Å². The molecule has 0 N–H and O–H groups in total. The van der Waals surface area contributed by atoms with Crippen LogP contribution in [0, 0.1) is 6.92 Å². The Bertz CT molecular complexity index is 544. The van der Waals surface area contributed by atoms with Gasteiger partial charge in [0.15, 0.2) is 0 Å². The molecule has 100 valence electrons. The lowest BCUT2D eigenvalue weighted by molar-refractivity contribution is 0.187. The molecular formula is C15H20N4. The molecule has 0 radical (unpaired) electrons. The Labute approximate surface area is 114 Å². The number of aromatic nitrogens is 3. The van der Waals surface area contributed by atoms with Crippen LogP contribution in [0.15, 0.2) is 30.7 Å². The molecule has 1 saturated heterocycles. The molecule has 0 bridgehead atoms. The third-order valence-corrected chi connectivity index (χ3v) is 4.00. The van der Waals surface area contributed by atoms with Crippen LogP contribution in [0.5, 0.6) is 0 Å². The van der Waals surface area contributed by atoms with Crippen molar-refractivity contribution in [1.82, 2.24) is 19.4 Å². The van der Waals surface area contributed by atoms with Crippen molar-refractivity contribution in [3.05, 3.63) is 42.1 Å². The van der Waals surface area contributed by atoms with Crippen LogP contribution in [0.25, 0.3) is 5.82 Å². The van der Waals surface area contributed by atoms with Crippen LogP contribution in [-0.4, -0.2) is 33.0 Å². The molecule has 0 amide bonds. The highest BCUT2D eigenvalue weighted by molar-refractivity contribution is 5.28. The number of aryl methyl sites for hydroxylation is 1. The molecule has 2 aromatic heterocycles. The first kappa shape index (κ1) is 12.4. The zero-order valence-corrected chi connectivity index (χ0v) is 11.6. The minimum Gasteiger partial charge on any atom is -0.299 e. The van der Waals surface area contributed by atoms with Gasteiger partial charge in [0, 0.05) is 24.6 Å². The van der Waals surface area contributed by atoms with Crippen molar-refractivity contribution in [3.8, 4) is 5.82 Å². The Kier molecular flexibility index (Phi) is 3.34. The second kappa shape index (κ2) is 5.13. The fourth-order valence-corrected chi connectivity index (χ4v) is 2.85. The first-order valence-electron chi connectivity index (χ1n) is 6.92. The largest absolute Gasteiger partial charge is 0.299 e. The van der Waals surface area contributed by atoms with Crippen LogP contribution in [0.4, 0.5) is 0 Å². The predicted octanol–water partition coefficient (Wildman–Crippen LogP) is 2.73. The summed E-state index contributed by atoms with van der Waals surface area (Å²) in [6.07, 6.45) is 9.64. The molecule has 0 spiro atoms. The summed E-state index contributed by atoms with van der Waals surface area (Å²) in [5, 5.41) is 0. The summed E-state index contributed by atoms with van der Waals surface area (Å²) in [5.41, 5.74) is 1.32. The van der Waals surface area contributed by atoms with Crippen LogP contribution in [0.1, 0.15) is 36.7 Å². The molecule has 1 atom stereocenters. The summed E-state index contributed by atoms with van der Waals surface area (Å²) in [4.78, 5) is 11.3. The molecule has 2 aromatic rings. The van der Waals surface area contributed by atoms with Crippen molar-refractivity contribution >= 4 is 0 Å². The highest BCUT2D eigenvalue weighted by Gasteiger charge is 2.20. The lowest BCUT2D eigenvalue weighted by Crippen LogP contribution is -2.29. The molecule has 1 aliphatic rings. The van der Waals surface area contributed by atoms with E-state index < -0.39 is 0 Å². The molecule has 4 heteroatoms. The van der Waals surface area contributed by atoms with E-state index in [0.717, 1.165) is 11.6 Å². The molecule has 0 aliphatic carbocycles. The van der Waals surface area contributed by atoms with Crippen LogP contribution < -0.4 is 0 Å². The predicted molar refractivity (Wildman–Crippen MR) is 75.3 cm³/mol. The van der Waals surface area contributed by atoms with Gasteiger partial charge in [-0.15, -0.1) is 0 Å². The van der Waals surface area contributed by atoms with Crippen molar-refractivity contribution in [2.24, 2.45) is 0 Å². The van der Waals surface area contributed by atoms with Crippen LogP contribution >= 0.6 is 0 Å². The number of imidazole rings is 1. The summed E-state index contributed by atoms with van der Waals surface area (Å²) >= 11 is 0. The first-order valence-corrected chi connectivity index (χ1v) is 6.92. The maximum atomic E-state index is 4.59. The van der Waals surface area contributed by atoms with E-state index in [2.05, 4.69) is 34.0 Å². The quantitative estimate of drug-likeness (QED) is 0.828. The molecule has 3 rings (SSSR count). The van der Waals surface area contributed by atoms with Crippen molar-refractivity contribution in [2.75, 3.05) is 13.6 Å². The monoisotopic (exact) mass is 256 g/mol. The van der Waals surface area contributed by atoms with Gasteiger partial charge in [0.25, 0.3) is 0 Å². The van der Waals surface area contributed by atoms with E-state index in [1.165, 1.54) is 31.4 Å². The highest BCUT2D eigenvalue weighted by Crippen LogP contribution is 2.29. The number of rotatable bonds is 2. The summed E-state index contributed by atoms with van der Waals surface area (Å²) in [6, 6.07) is 4.82. The lowest BCUT2D eigenvalue weighted by atomic mass is 9.97. The van der Waals surface area contributed by atoms with Crippen LogP contribution in [-0.2, 0) is 0 Å². The second-order valence-corrected chi connectivity index (χ2v) is 5.29. The normalized spacial score (nSPS) is 20.6. The van der Waals surface area contributed by atoms with E-state index in [9.17, 15) is 0 Å². The third kappa shape index (κ3) is 2.40. The summed E-state index contributed by atoms with van der Waals surface area (Å²) < 4.78 is 2.01. The molecule has 4 nitrogen and oxygen atoms in total. The van der Waals surface area contributed by atoms with Gasteiger partial charge >= 0.3 is 0 Å². The Hall–Kier alpha value is -1.68. The van der Waals surface area contributed by atoms with E-state index in [0.29, 0.717) is 6.04 Å². The zero-order chi connectivity index (χ0) is 13.2. The maximum absolute atomic E-state index is 4.59. The Balaban J connectivity index is 1.84. The zero-order valence-electron chi connectivity index (χ0n) is 11.6. The number of hydrogen-bond donors (Lipinski definition) is 0. The molecule has 3 heterocycles. The Morgan fingerprint density at radius 1 is 1.21 bits per heavy atom. The topological polar surface area (TPSA) is 34.0 Å². The smallest absolute Gasteiger partial charge is 0.137 e. The molecule has 1 aliphatic heterocycles. The van der Waals surface area contributed by atoms with Crippen molar-refractivity contribution in [3.63, 3.8) is 0 Å². The number of nitrogens with zero attached hydrogens (tertiary/aromatic N) is 4. The molecule has 19 heavy (non-hydrogen) atoms. The standard InChI is InChI=1S/C15H20N4/c1-12-16-8-10-19(12)15-7-6-13(11-17-15)14-5-3-4-9-18(14)2/h6-8,10-11,14H,3-5,9H2,1-2H3/t14-/m0/s1. The lowest BCUT2D eigenvalue weighted by Gasteiger charge is -2.32. The summed E-state index contributed by atoms with van der Waals surface area (Å²) in [5.74, 6) is 1.91. The summed E-state index contributed by atoms with van der Waals surface area (Å²) in [7, 11) is 2.21. The van der Waals surface area contributed by atoms with E-state index in [1.807, 2.05) is 23.9 Å². The maximum Gasteiger partial charge on any atom is 0.137 e. The second-order valence-electron chi connectivity index (χ2n) is 5.29. The van der Waals surface area contributed by atoms with Crippen molar-refractivity contribution < 1.29 is 0 Å². The van der Waals surface area contributed by atoms with Gasteiger partial charge in [-0.1, -0.05) is 12.5 Å². The SMILES string of the molecule is Cc1nccn1-c1ccc([C@@H]2CCCCN2C)cn1. The van der Waals surface area contributed by atoms with Gasteiger partial charge in [-0.05, 0) is 45.0 Å². The average Bonchev–Trinajstić information content (AvgIpc) is 2.86. The van der Waals surface area contributed by atoms with Gasteiger partial charge in [0.05, 0.1) is 0 Å². The fourth-order valence-electron chi connectivity index (χ4n) is 2.85. The third-order valence-electron chi connectivity index (χ3n) is 4.00.